The van der Waals surface area contributed by atoms with Crippen molar-refractivity contribution in [1.82, 2.24) is 0 Å². The van der Waals surface area contributed by atoms with E-state index in [1.165, 1.54) is 11.1 Å². The predicted molar refractivity (Wildman–Crippen MR) is 69.4 cm³/mol. The van der Waals surface area contributed by atoms with Gasteiger partial charge in [-0.3, -0.25) is 0 Å². The van der Waals surface area contributed by atoms with Crippen LogP contribution in [0.5, 0.6) is 0 Å². The lowest BCUT2D eigenvalue weighted by Crippen LogP contribution is -2.52. The Morgan fingerprint density at radius 3 is 2.65 bits per heavy atom. The van der Waals surface area contributed by atoms with E-state index in [1.54, 1.807) is 0 Å². The second kappa shape index (κ2) is 4.16. The molecular formula is C15H24O2. The van der Waals surface area contributed by atoms with Crippen molar-refractivity contribution in [3.05, 3.63) is 23.0 Å². The number of ether oxygens (including phenoxy) is 1. The van der Waals surface area contributed by atoms with E-state index in [4.69, 9.17) is 4.74 Å². The van der Waals surface area contributed by atoms with E-state index in [1.807, 2.05) is 0 Å². The van der Waals surface area contributed by atoms with Crippen LogP contribution in [0.4, 0.5) is 0 Å². The third kappa shape index (κ3) is 1.65. The van der Waals surface area contributed by atoms with Crippen molar-refractivity contribution >= 4 is 0 Å². The molecule has 0 aromatic rings. The van der Waals surface area contributed by atoms with E-state index in [0.717, 1.165) is 5.76 Å². The largest absolute Gasteiger partial charge is 0.497 e. The third-order valence-electron chi connectivity index (χ3n) is 4.88. The molecule has 1 aliphatic carbocycles. The summed E-state index contributed by atoms with van der Waals surface area (Å²) in [5.74, 6) is 2.32. The molecule has 1 heterocycles. The maximum Gasteiger partial charge on any atom is 0.102 e. The monoisotopic (exact) mass is 236 g/mol. The Balaban J connectivity index is 2.52. The second-order valence-electron chi connectivity index (χ2n) is 6.01. The molecule has 1 aliphatic heterocycles. The van der Waals surface area contributed by atoms with Crippen LogP contribution < -0.4 is 0 Å². The molecule has 2 nitrogen and oxygen atoms in total. The lowest BCUT2D eigenvalue weighted by atomic mass is 9.57. The molecule has 2 rings (SSSR count). The summed E-state index contributed by atoms with van der Waals surface area (Å²) in [6.07, 6.45) is 2.33. The van der Waals surface area contributed by atoms with Gasteiger partial charge in [0.1, 0.15) is 5.76 Å². The van der Waals surface area contributed by atoms with Crippen LogP contribution in [-0.4, -0.2) is 18.3 Å². The third-order valence-corrected chi connectivity index (χ3v) is 4.88. The van der Waals surface area contributed by atoms with Gasteiger partial charge < -0.3 is 9.84 Å². The van der Waals surface area contributed by atoms with Crippen molar-refractivity contribution in [2.24, 2.45) is 23.2 Å². The molecule has 2 bridgehead atoms. The maximum atomic E-state index is 9.82. The highest BCUT2D eigenvalue weighted by molar-refractivity contribution is 5.29. The highest BCUT2D eigenvalue weighted by atomic mass is 16.5. The van der Waals surface area contributed by atoms with Crippen LogP contribution in [0.15, 0.2) is 23.0 Å². The van der Waals surface area contributed by atoms with Crippen LogP contribution in [0.1, 0.15) is 34.6 Å². The lowest BCUT2D eigenvalue weighted by molar-refractivity contribution is -0.0933. The summed E-state index contributed by atoms with van der Waals surface area (Å²) in [5, 5.41) is 9.82. The minimum Gasteiger partial charge on any atom is -0.497 e. The zero-order valence-corrected chi connectivity index (χ0v) is 11.6. The maximum absolute atomic E-state index is 9.82. The molecule has 0 aromatic carbocycles. The highest BCUT2D eigenvalue weighted by Gasteiger charge is 2.52. The SMILES string of the molecule is CC1=C[C@H](C)[C@]2(CO)COC(=C(C)C)[C@@H]1[C@H]2C. The first kappa shape index (κ1) is 12.7. The number of aliphatic hydroxyl groups is 1. The second-order valence-corrected chi connectivity index (χ2v) is 6.01. The van der Waals surface area contributed by atoms with Crippen molar-refractivity contribution in [3.8, 4) is 0 Å². The lowest BCUT2D eigenvalue weighted by Gasteiger charge is -2.53. The van der Waals surface area contributed by atoms with E-state index in [-0.39, 0.29) is 12.0 Å². The van der Waals surface area contributed by atoms with Crippen LogP contribution in [-0.2, 0) is 4.74 Å². The molecule has 0 aromatic heterocycles. The van der Waals surface area contributed by atoms with Crippen LogP contribution in [0.25, 0.3) is 0 Å². The van der Waals surface area contributed by atoms with E-state index < -0.39 is 0 Å². The number of allylic oxidation sites excluding steroid dienone is 3. The minimum atomic E-state index is -0.0941. The quantitative estimate of drug-likeness (QED) is 0.709. The van der Waals surface area contributed by atoms with Crippen molar-refractivity contribution in [3.63, 3.8) is 0 Å². The summed E-state index contributed by atoms with van der Waals surface area (Å²) in [7, 11) is 0. The topological polar surface area (TPSA) is 29.5 Å². The molecule has 0 saturated carbocycles. The first-order valence-corrected chi connectivity index (χ1v) is 6.53. The van der Waals surface area contributed by atoms with Gasteiger partial charge in [0.25, 0.3) is 0 Å². The summed E-state index contributed by atoms with van der Waals surface area (Å²) >= 11 is 0. The Hall–Kier alpha value is -0.760. The summed E-state index contributed by atoms with van der Waals surface area (Å²) in [4.78, 5) is 0. The molecule has 1 N–H and O–H groups in total. The minimum absolute atomic E-state index is 0.0941. The molecule has 1 fully saturated rings. The standard InChI is InChI=1S/C15H24O2/c1-9(2)14-13-10(3)6-11(4)15(7-16,8-17-14)12(13)5/h6,11-13,16H,7-8H2,1-5H3/t11-,12+,13-,15-/m0/s1. The molecule has 0 radical (unpaired) electrons. The number of aliphatic hydroxyl groups excluding tert-OH is 1. The molecule has 17 heavy (non-hydrogen) atoms. The average Bonchev–Trinajstić information content (AvgIpc) is 2.26. The Kier molecular flexibility index (Phi) is 3.11. The van der Waals surface area contributed by atoms with E-state index in [2.05, 4.69) is 40.7 Å². The predicted octanol–water partition coefficient (Wildman–Crippen LogP) is 3.14. The van der Waals surface area contributed by atoms with Crippen molar-refractivity contribution < 1.29 is 9.84 Å². The number of rotatable bonds is 1. The molecule has 0 unspecified atom stereocenters. The van der Waals surface area contributed by atoms with Gasteiger partial charge in [0.05, 0.1) is 13.2 Å². The number of hydrogen-bond donors (Lipinski definition) is 1. The van der Waals surface area contributed by atoms with Crippen LogP contribution in [0.3, 0.4) is 0 Å². The smallest absolute Gasteiger partial charge is 0.102 e. The van der Waals surface area contributed by atoms with Gasteiger partial charge in [0, 0.05) is 11.3 Å². The van der Waals surface area contributed by atoms with Gasteiger partial charge in [-0.1, -0.05) is 25.5 Å². The van der Waals surface area contributed by atoms with Crippen molar-refractivity contribution in [1.29, 1.82) is 0 Å². The molecular weight excluding hydrogens is 212 g/mol. The summed E-state index contributed by atoms with van der Waals surface area (Å²) in [6, 6.07) is 0. The zero-order valence-electron chi connectivity index (χ0n) is 11.6. The molecule has 96 valence electrons. The summed E-state index contributed by atoms with van der Waals surface area (Å²) in [5.41, 5.74) is 2.56. The van der Waals surface area contributed by atoms with E-state index >= 15 is 0 Å². The summed E-state index contributed by atoms with van der Waals surface area (Å²) in [6.45, 7) is 11.7. The van der Waals surface area contributed by atoms with Gasteiger partial charge in [0.2, 0.25) is 0 Å². The van der Waals surface area contributed by atoms with Crippen LogP contribution >= 0.6 is 0 Å². The molecule has 0 spiro atoms. The fourth-order valence-electron chi connectivity index (χ4n) is 3.59. The molecule has 2 aliphatic rings. The fourth-order valence-corrected chi connectivity index (χ4v) is 3.59. The molecule has 1 saturated heterocycles. The first-order valence-electron chi connectivity index (χ1n) is 6.53. The summed E-state index contributed by atoms with van der Waals surface area (Å²) < 4.78 is 5.99. The average molecular weight is 236 g/mol. The van der Waals surface area contributed by atoms with Gasteiger partial charge in [0.15, 0.2) is 0 Å². The van der Waals surface area contributed by atoms with E-state index in [9.17, 15) is 5.11 Å². The molecule has 2 heteroatoms. The first-order chi connectivity index (χ1) is 7.94. The Morgan fingerprint density at radius 2 is 2.12 bits per heavy atom. The highest BCUT2D eigenvalue weighted by Crippen LogP contribution is 2.53. The molecule has 4 atom stereocenters. The van der Waals surface area contributed by atoms with Crippen LogP contribution in [0, 0.1) is 23.2 Å². The molecule has 0 amide bonds. The van der Waals surface area contributed by atoms with Gasteiger partial charge in [-0.25, -0.2) is 0 Å². The van der Waals surface area contributed by atoms with E-state index in [0.29, 0.717) is 24.4 Å². The van der Waals surface area contributed by atoms with Crippen molar-refractivity contribution in [2.75, 3.05) is 13.2 Å². The Labute approximate surface area is 104 Å². The Morgan fingerprint density at radius 1 is 1.47 bits per heavy atom. The van der Waals surface area contributed by atoms with Gasteiger partial charge >= 0.3 is 0 Å². The van der Waals surface area contributed by atoms with Gasteiger partial charge in [-0.2, -0.15) is 0 Å². The fraction of sp³-hybridized carbons (Fsp3) is 0.733. The Bertz CT molecular complexity index is 376. The number of fused-ring (bicyclic) bond motifs is 2. The van der Waals surface area contributed by atoms with Gasteiger partial charge in [-0.05, 0) is 38.2 Å². The normalized spacial score (nSPS) is 40.7. The van der Waals surface area contributed by atoms with Gasteiger partial charge in [-0.15, -0.1) is 0 Å². The zero-order chi connectivity index (χ0) is 12.8. The van der Waals surface area contributed by atoms with Crippen molar-refractivity contribution in [2.45, 2.75) is 34.6 Å². The number of hydrogen-bond acceptors (Lipinski definition) is 2. The van der Waals surface area contributed by atoms with Crippen LogP contribution in [0.2, 0.25) is 0 Å².